The summed E-state index contributed by atoms with van der Waals surface area (Å²) in [6.45, 7) is 3.29. The normalized spacial score (nSPS) is 13.7. The van der Waals surface area contributed by atoms with E-state index < -0.39 is 12.1 Å². The number of nitrogens with one attached hydrogen (secondary N) is 1. The van der Waals surface area contributed by atoms with Crippen LogP contribution in [0.1, 0.15) is 31.0 Å². The molecule has 0 bridgehead atoms. The summed E-state index contributed by atoms with van der Waals surface area (Å²) in [6.07, 6.45) is 3.64. The molecule has 2 N–H and O–H groups in total. The van der Waals surface area contributed by atoms with Crippen LogP contribution in [0.25, 0.3) is 16.7 Å². The lowest BCUT2D eigenvalue weighted by atomic mass is 10.1. The fraction of sp³-hybridized carbons (Fsp3) is 0.360. The van der Waals surface area contributed by atoms with E-state index in [1.54, 1.807) is 14.0 Å². The standard InChI is InChI=1S/C25H29N3O5/c1-3-32-22(25(29)30)16-17-4-9-20(10-5-17)33-15-14-28-13-12-19-8-11-21(26-24(19)28)23(27-31-2)18-6-7-18/h4-5,8-13,22,27H,3,6-7,14-16H2,1-2H3,(H,29,30). The van der Waals surface area contributed by atoms with Crippen LogP contribution in [-0.2, 0) is 27.3 Å². The summed E-state index contributed by atoms with van der Waals surface area (Å²) < 4.78 is 13.3. The Morgan fingerprint density at radius 1 is 1.18 bits per heavy atom. The summed E-state index contributed by atoms with van der Waals surface area (Å²) in [4.78, 5) is 21.3. The van der Waals surface area contributed by atoms with E-state index in [0.717, 1.165) is 46.6 Å². The van der Waals surface area contributed by atoms with Gasteiger partial charge in [-0.25, -0.2) is 9.78 Å². The second-order valence-electron chi connectivity index (χ2n) is 7.88. The van der Waals surface area contributed by atoms with Crippen molar-refractivity contribution >= 4 is 22.7 Å². The van der Waals surface area contributed by atoms with Crippen LogP contribution >= 0.6 is 0 Å². The number of hydrogen-bond acceptors (Lipinski definition) is 6. The Hall–Kier alpha value is -3.36. The zero-order valence-electron chi connectivity index (χ0n) is 18.9. The fourth-order valence-corrected chi connectivity index (χ4v) is 3.72. The van der Waals surface area contributed by atoms with Crippen LogP contribution in [-0.4, -0.2) is 47.1 Å². The van der Waals surface area contributed by atoms with Gasteiger partial charge < -0.3 is 19.1 Å². The zero-order chi connectivity index (χ0) is 23.2. The van der Waals surface area contributed by atoms with Crippen molar-refractivity contribution in [2.45, 2.75) is 38.8 Å². The summed E-state index contributed by atoms with van der Waals surface area (Å²) in [5.74, 6) is -0.219. The van der Waals surface area contributed by atoms with Crippen LogP contribution in [0.4, 0.5) is 0 Å². The molecule has 1 saturated carbocycles. The van der Waals surface area contributed by atoms with Crippen molar-refractivity contribution in [3.63, 3.8) is 0 Å². The average molecular weight is 452 g/mol. The smallest absolute Gasteiger partial charge is 0.333 e. The van der Waals surface area contributed by atoms with Crippen molar-refractivity contribution in [3.05, 3.63) is 65.5 Å². The first-order valence-corrected chi connectivity index (χ1v) is 11.1. The van der Waals surface area contributed by atoms with E-state index in [-0.39, 0.29) is 0 Å². The van der Waals surface area contributed by atoms with Crippen molar-refractivity contribution in [1.29, 1.82) is 0 Å². The number of carboxylic acids is 1. The maximum absolute atomic E-state index is 11.3. The number of aromatic nitrogens is 2. The average Bonchev–Trinajstić information content (AvgIpc) is 3.58. The number of carbonyl (C=O) groups is 1. The number of pyridine rings is 1. The lowest BCUT2D eigenvalue weighted by Crippen LogP contribution is -2.26. The minimum atomic E-state index is -0.952. The fourth-order valence-electron chi connectivity index (χ4n) is 3.72. The van der Waals surface area contributed by atoms with Gasteiger partial charge in [0, 0.05) is 24.6 Å². The number of nitrogens with zero attached hydrogens (tertiary/aromatic N) is 2. The first-order chi connectivity index (χ1) is 16.1. The predicted molar refractivity (Wildman–Crippen MR) is 125 cm³/mol. The lowest BCUT2D eigenvalue weighted by Gasteiger charge is -2.13. The SMILES string of the molecule is CCOC(Cc1ccc(OCCn2ccc3ccc(C(NOC)=C4CC4)nc32)cc1)C(=O)O. The topological polar surface area (TPSA) is 94.8 Å². The molecular formula is C25H29N3O5. The Morgan fingerprint density at radius 3 is 2.64 bits per heavy atom. The Morgan fingerprint density at radius 2 is 1.97 bits per heavy atom. The van der Waals surface area contributed by atoms with Gasteiger partial charge in [0.25, 0.3) is 0 Å². The molecule has 1 aliphatic rings. The minimum Gasteiger partial charge on any atom is -0.492 e. The van der Waals surface area contributed by atoms with Gasteiger partial charge in [-0.05, 0) is 61.2 Å². The van der Waals surface area contributed by atoms with Gasteiger partial charge >= 0.3 is 5.97 Å². The molecular weight excluding hydrogens is 422 g/mol. The Labute approximate surface area is 192 Å². The predicted octanol–water partition coefficient (Wildman–Crippen LogP) is 3.80. The molecule has 2 heterocycles. The Balaban J connectivity index is 1.37. The Kier molecular flexibility index (Phi) is 7.26. The van der Waals surface area contributed by atoms with E-state index in [2.05, 4.69) is 16.1 Å². The molecule has 0 aliphatic heterocycles. The summed E-state index contributed by atoms with van der Waals surface area (Å²) >= 11 is 0. The third kappa shape index (κ3) is 5.71. The van der Waals surface area contributed by atoms with Crippen molar-refractivity contribution in [1.82, 2.24) is 15.0 Å². The third-order valence-electron chi connectivity index (χ3n) is 5.51. The van der Waals surface area contributed by atoms with E-state index in [4.69, 9.17) is 19.3 Å². The number of carboxylic acid groups (broad SMARTS) is 1. The highest BCUT2D eigenvalue weighted by Crippen LogP contribution is 2.34. The second-order valence-corrected chi connectivity index (χ2v) is 7.88. The van der Waals surface area contributed by atoms with Crippen LogP contribution in [0.15, 0.2) is 54.2 Å². The van der Waals surface area contributed by atoms with Crippen molar-refractivity contribution in [2.75, 3.05) is 20.3 Å². The first kappa shape index (κ1) is 22.8. The van der Waals surface area contributed by atoms with Crippen molar-refractivity contribution in [3.8, 4) is 5.75 Å². The summed E-state index contributed by atoms with van der Waals surface area (Å²) in [6, 6.07) is 13.6. The summed E-state index contributed by atoms with van der Waals surface area (Å²) in [5, 5.41) is 10.3. The van der Waals surface area contributed by atoms with Crippen LogP contribution < -0.4 is 10.2 Å². The van der Waals surface area contributed by atoms with Crippen LogP contribution in [0.5, 0.6) is 5.75 Å². The molecule has 1 atom stereocenters. The van der Waals surface area contributed by atoms with E-state index >= 15 is 0 Å². The number of rotatable bonds is 12. The highest BCUT2D eigenvalue weighted by molar-refractivity contribution is 5.79. The molecule has 4 rings (SSSR count). The molecule has 0 amide bonds. The minimum absolute atomic E-state index is 0.322. The number of hydrogen-bond donors (Lipinski definition) is 2. The maximum atomic E-state index is 11.3. The number of hydroxylamine groups is 1. The van der Waals surface area contributed by atoms with E-state index in [1.165, 1.54) is 5.57 Å². The molecule has 0 spiro atoms. The molecule has 3 aromatic rings. The second kappa shape index (κ2) is 10.5. The molecule has 1 aliphatic carbocycles. The highest BCUT2D eigenvalue weighted by atomic mass is 16.6. The van der Waals surface area contributed by atoms with Gasteiger partial charge in [-0.15, -0.1) is 0 Å². The zero-order valence-corrected chi connectivity index (χ0v) is 18.9. The van der Waals surface area contributed by atoms with Gasteiger partial charge in [0.2, 0.25) is 0 Å². The van der Waals surface area contributed by atoms with Gasteiger partial charge in [-0.2, -0.15) is 0 Å². The number of allylic oxidation sites excluding steroid dienone is 1. The molecule has 0 saturated heterocycles. The molecule has 2 aromatic heterocycles. The van der Waals surface area contributed by atoms with E-state index in [1.807, 2.05) is 42.6 Å². The molecule has 8 heteroatoms. The van der Waals surface area contributed by atoms with Gasteiger partial charge in [-0.1, -0.05) is 12.1 Å². The van der Waals surface area contributed by atoms with Crippen LogP contribution in [0.3, 0.4) is 0 Å². The Bertz CT molecular complexity index is 1130. The van der Waals surface area contributed by atoms with Gasteiger partial charge in [0.1, 0.15) is 18.0 Å². The summed E-state index contributed by atoms with van der Waals surface area (Å²) in [7, 11) is 1.61. The van der Waals surface area contributed by atoms with Crippen LogP contribution in [0, 0.1) is 0 Å². The molecule has 1 aromatic carbocycles. The molecule has 8 nitrogen and oxygen atoms in total. The number of benzene rings is 1. The molecule has 174 valence electrons. The van der Waals surface area contributed by atoms with Crippen molar-refractivity contribution < 1.29 is 24.2 Å². The van der Waals surface area contributed by atoms with Gasteiger partial charge in [0.05, 0.1) is 25.0 Å². The molecule has 1 fully saturated rings. The van der Waals surface area contributed by atoms with Gasteiger partial charge in [0.15, 0.2) is 6.10 Å². The van der Waals surface area contributed by atoms with E-state index in [9.17, 15) is 9.90 Å². The van der Waals surface area contributed by atoms with Crippen molar-refractivity contribution in [2.24, 2.45) is 0 Å². The molecule has 0 radical (unpaired) electrons. The monoisotopic (exact) mass is 451 g/mol. The lowest BCUT2D eigenvalue weighted by molar-refractivity contribution is -0.149. The number of aliphatic carboxylic acids is 1. The van der Waals surface area contributed by atoms with E-state index in [0.29, 0.717) is 26.2 Å². The molecule has 1 unspecified atom stereocenters. The maximum Gasteiger partial charge on any atom is 0.333 e. The summed E-state index contributed by atoms with van der Waals surface area (Å²) in [5.41, 5.74) is 7.92. The number of ether oxygens (including phenoxy) is 2. The quantitative estimate of drug-likeness (QED) is 0.405. The molecule has 33 heavy (non-hydrogen) atoms. The highest BCUT2D eigenvalue weighted by Gasteiger charge is 2.21. The number of fused-ring (bicyclic) bond motifs is 1. The largest absolute Gasteiger partial charge is 0.492 e. The third-order valence-corrected chi connectivity index (χ3v) is 5.51. The van der Waals surface area contributed by atoms with Gasteiger partial charge in [-0.3, -0.25) is 10.3 Å². The first-order valence-electron chi connectivity index (χ1n) is 11.1. The van der Waals surface area contributed by atoms with Crippen LogP contribution in [0.2, 0.25) is 0 Å².